The molecule has 172 valence electrons. The molecule has 8 nitrogen and oxygen atoms in total. The van der Waals surface area contributed by atoms with Gasteiger partial charge in [0.25, 0.3) is 5.91 Å². The number of amides is 1. The van der Waals surface area contributed by atoms with Gasteiger partial charge in [-0.1, -0.05) is 12.1 Å². The molecule has 1 aliphatic rings. The first-order valence-corrected chi connectivity index (χ1v) is 10.6. The molecule has 4 rings (SSSR count). The lowest BCUT2D eigenvalue weighted by Crippen LogP contribution is -2.38. The number of esters is 1. The Morgan fingerprint density at radius 1 is 1.03 bits per heavy atom. The fourth-order valence-electron chi connectivity index (χ4n) is 3.80. The number of para-hydroxylation sites is 1. The highest BCUT2D eigenvalue weighted by atomic mass is 16.5. The number of benzene rings is 2. The van der Waals surface area contributed by atoms with Gasteiger partial charge in [-0.25, -0.2) is 4.79 Å². The summed E-state index contributed by atoms with van der Waals surface area (Å²) >= 11 is 0. The molecule has 33 heavy (non-hydrogen) atoms. The Hall–Kier alpha value is -3.94. The highest BCUT2D eigenvalue weighted by Crippen LogP contribution is 2.33. The van der Waals surface area contributed by atoms with E-state index < -0.39 is 5.97 Å². The van der Waals surface area contributed by atoms with E-state index in [2.05, 4.69) is 5.32 Å². The van der Waals surface area contributed by atoms with Gasteiger partial charge < -0.3 is 28.8 Å². The number of carbonyl (C=O) groups excluding carboxylic acids is 2. The van der Waals surface area contributed by atoms with Crippen molar-refractivity contribution in [2.75, 3.05) is 32.7 Å². The van der Waals surface area contributed by atoms with Crippen LogP contribution in [0.4, 0.5) is 5.69 Å². The third-order valence-corrected chi connectivity index (χ3v) is 5.58. The van der Waals surface area contributed by atoms with Gasteiger partial charge in [0.2, 0.25) is 0 Å². The van der Waals surface area contributed by atoms with Gasteiger partial charge in [-0.3, -0.25) is 4.79 Å². The minimum absolute atomic E-state index is 0.246. The van der Waals surface area contributed by atoms with Gasteiger partial charge in [-0.15, -0.1) is 0 Å². The molecule has 1 N–H and O–H groups in total. The number of ether oxygens (including phenoxy) is 3. The number of fused-ring (bicyclic) bond motifs is 1. The van der Waals surface area contributed by atoms with Crippen LogP contribution in [0.3, 0.4) is 0 Å². The van der Waals surface area contributed by atoms with Crippen molar-refractivity contribution >= 4 is 17.6 Å². The molecular formula is C25H26N2O6. The van der Waals surface area contributed by atoms with E-state index in [9.17, 15) is 9.59 Å². The summed E-state index contributed by atoms with van der Waals surface area (Å²) in [6.45, 7) is 1.07. The fraction of sp³-hybridized carbons (Fsp3) is 0.280. The quantitative estimate of drug-likeness (QED) is 0.524. The Balaban J connectivity index is 1.36. The van der Waals surface area contributed by atoms with Gasteiger partial charge in [-0.05, 0) is 53.9 Å². The molecule has 0 spiro atoms. The highest BCUT2D eigenvalue weighted by molar-refractivity contribution is 5.96. The van der Waals surface area contributed by atoms with Crippen molar-refractivity contribution in [1.82, 2.24) is 4.90 Å². The Kier molecular flexibility index (Phi) is 6.83. The van der Waals surface area contributed by atoms with Crippen LogP contribution >= 0.6 is 0 Å². The number of hydrogen-bond donors (Lipinski definition) is 1. The van der Waals surface area contributed by atoms with Crippen LogP contribution in [-0.2, 0) is 29.0 Å². The summed E-state index contributed by atoms with van der Waals surface area (Å²) in [5, 5.41) is 3.17. The Bertz CT molecular complexity index is 1130. The van der Waals surface area contributed by atoms with Crippen LogP contribution in [0, 0.1) is 0 Å². The average molecular weight is 450 g/mol. The molecule has 8 heteroatoms. The molecule has 0 aliphatic carbocycles. The van der Waals surface area contributed by atoms with E-state index in [4.69, 9.17) is 18.6 Å². The largest absolute Gasteiger partial charge is 0.493 e. The van der Waals surface area contributed by atoms with E-state index in [0.717, 1.165) is 16.9 Å². The maximum absolute atomic E-state index is 12.8. The third kappa shape index (κ3) is 5.11. The summed E-state index contributed by atoms with van der Waals surface area (Å²) in [5.74, 6) is 1.23. The van der Waals surface area contributed by atoms with Gasteiger partial charge in [0.05, 0.1) is 32.6 Å². The number of rotatable bonds is 8. The number of methoxy groups -OCH3 is 2. The van der Waals surface area contributed by atoms with E-state index in [1.54, 1.807) is 49.6 Å². The number of nitrogens with zero attached hydrogens (tertiary/aromatic N) is 1. The molecule has 0 saturated carbocycles. The minimum Gasteiger partial charge on any atom is -0.493 e. The second kappa shape index (κ2) is 10.1. The predicted molar refractivity (Wildman–Crippen MR) is 121 cm³/mol. The normalized spacial score (nSPS) is 12.6. The van der Waals surface area contributed by atoms with Gasteiger partial charge in [0.15, 0.2) is 18.1 Å². The van der Waals surface area contributed by atoms with Crippen LogP contribution in [-0.4, -0.2) is 44.1 Å². The van der Waals surface area contributed by atoms with Crippen molar-refractivity contribution in [3.63, 3.8) is 0 Å². The Labute approximate surface area is 192 Å². The van der Waals surface area contributed by atoms with Gasteiger partial charge >= 0.3 is 5.97 Å². The fourth-order valence-corrected chi connectivity index (χ4v) is 3.80. The lowest BCUT2D eigenvalue weighted by Gasteiger charge is -2.29. The molecule has 0 atom stereocenters. The molecular weight excluding hydrogens is 424 g/mol. The molecule has 0 fully saturated rings. The number of hydrogen-bond acceptors (Lipinski definition) is 7. The van der Waals surface area contributed by atoms with Crippen molar-refractivity contribution in [3.05, 3.63) is 77.2 Å². The highest BCUT2D eigenvalue weighted by Gasteiger charge is 2.24. The van der Waals surface area contributed by atoms with Crippen LogP contribution in [0.15, 0.2) is 59.2 Å². The monoisotopic (exact) mass is 450 g/mol. The lowest BCUT2D eigenvalue weighted by molar-refractivity contribution is -0.135. The van der Waals surface area contributed by atoms with Crippen LogP contribution in [0.25, 0.3) is 0 Å². The van der Waals surface area contributed by atoms with Crippen LogP contribution in [0.1, 0.15) is 27.2 Å². The zero-order valence-corrected chi connectivity index (χ0v) is 18.6. The molecule has 1 aliphatic heterocycles. The first kappa shape index (κ1) is 22.3. The van der Waals surface area contributed by atoms with E-state index in [0.29, 0.717) is 48.8 Å². The van der Waals surface area contributed by atoms with Gasteiger partial charge in [0, 0.05) is 18.8 Å². The summed E-state index contributed by atoms with van der Waals surface area (Å²) in [5.41, 5.74) is 3.08. The zero-order valence-electron chi connectivity index (χ0n) is 18.6. The predicted octanol–water partition coefficient (Wildman–Crippen LogP) is 3.65. The summed E-state index contributed by atoms with van der Waals surface area (Å²) in [6, 6.07) is 14.5. The topological polar surface area (TPSA) is 90.2 Å². The summed E-state index contributed by atoms with van der Waals surface area (Å²) < 4.78 is 21.4. The lowest BCUT2D eigenvalue weighted by atomic mass is 9.99. The van der Waals surface area contributed by atoms with Crippen LogP contribution < -0.4 is 14.8 Å². The average Bonchev–Trinajstić information content (AvgIpc) is 3.38. The maximum Gasteiger partial charge on any atom is 0.340 e. The van der Waals surface area contributed by atoms with Crippen molar-refractivity contribution in [2.24, 2.45) is 0 Å². The van der Waals surface area contributed by atoms with Crippen LogP contribution in [0.2, 0.25) is 0 Å². The summed E-state index contributed by atoms with van der Waals surface area (Å²) in [7, 11) is 3.18. The Morgan fingerprint density at radius 2 is 1.79 bits per heavy atom. The standard InChI is InChI=1S/C25H26N2O6/c1-30-22-12-17-9-10-27(15-18(17)13-23(22)31-2)24(28)16-33-25(29)20-7-3-4-8-21(20)26-14-19-6-5-11-32-19/h3-8,11-13,26H,9-10,14-16H2,1-2H3. The van der Waals surface area contributed by atoms with E-state index in [1.807, 2.05) is 24.3 Å². The van der Waals surface area contributed by atoms with Crippen molar-refractivity contribution < 1.29 is 28.2 Å². The number of carbonyl (C=O) groups is 2. The SMILES string of the molecule is COc1cc2c(cc1OC)CN(C(=O)COC(=O)c1ccccc1NCc1ccco1)CC2. The van der Waals surface area contributed by atoms with Crippen molar-refractivity contribution in [1.29, 1.82) is 0 Å². The van der Waals surface area contributed by atoms with Gasteiger partial charge in [0.1, 0.15) is 5.76 Å². The second-order valence-electron chi connectivity index (χ2n) is 7.60. The second-order valence-corrected chi connectivity index (χ2v) is 7.60. The molecule has 2 heterocycles. The first-order chi connectivity index (χ1) is 16.1. The number of anilines is 1. The molecule has 0 radical (unpaired) electrons. The minimum atomic E-state index is -0.560. The summed E-state index contributed by atoms with van der Waals surface area (Å²) in [6.07, 6.45) is 2.28. The maximum atomic E-state index is 12.8. The third-order valence-electron chi connectivity index (χ3n) is 5.58. The van der Waals surface area contributed by atoms with Crippen molar-refractivity contribution in [2.45, 2.75) is 19.5 Å². The smallest absolute Gasteiger partial charge is 0.340 e. The van der Waals surface area contributed by atoms with Gasteiger partial charge in [-0.2, -0.15) is 0 Å². The number of furan rings is 1. The molecule has 2 aromatic carbocycles. The van der Waals surface area contributed by atoms with E-state index in [-0.39, 0.29) is 12.5 Å². The number of nitrogens with one attached hydrogen (secondary N) is 1. The van der Waals surface area contributed by atoms with Crippen LogP contribution in [0.5, 0.6) is 11.5 Å². The molecule has 0 unspecified atom stereocenters. The van der Waals surface area contributed by atoms with E-state index in [1.165, 1.54) is 0 Å². The molecule has 0 bridgehead atoms. The molecule has 0 saturated heterocycles. The molecule has 1 aromatic heterocycles. The molecule has 3 aromatic rings. The van der Waals surface area contributed by atoms with E-state index >= 15 is 0 Å². The van der Waals surface area contributed by atoms with Crippen molar-refractivity contribution in [3.8, 4) is 11.5 Å². The Morgan fingerprint density at radius 3 is 2.52 bits per heavy atom. The molecule has 1 amide bonds. The first-order valence-electron chi connectivity index (χ1n) is 10.6. The summed E-state index contributed by atoms with van der Waals surface area (Å²) in [4.78, 5) is 27.1. The zero-order chi connectivity index (χ0) is 23.2.